The van der Waals surface area contributed by atoms with Crippen LogP contribution in [0.5, 0.6) is 5.75 Å². The molecule has 0 bridgehead atoms. The topological polar surface area (TPSA) is 45.0 Å². The summed E-state index contributed by atoms with van der Waals surface area (Å²) in [5.41, 5.74) is -0.178. The van der Waals surface area contributed by atoms with Crippen LogP contribution in [0.25, 0.3) is 0 Å². The fraction of sp³-hybridized carbons (Fsp3) is 0.462. The smallest absolute Gasteiger partial charge is 0.138 e. The number of nitrogens with zero attached hydrogens (tertiary/aromatic N) is 1. The molecule has 0 saturated heterocycles. The first kappa shape index (κ1) is 13.5. The van der Waals surface area contributed by atoms with E-state index in [1.807, 2.05) is 6.92 Å². The first-order chi connectivity index (χ1) is 8.00. The van der Waals surface area contributed by atoms with Crippen molar-refractivity contribution in [2.24, 2.45) is 0 Å². The molecule has 3 nitrogen and oxygen atoms in total. The molecule has 4 heteroatoms. The number of ether oxygens (including phenoxy) is 1. The third-order valence-electron chi connectivity index (χ3n) is 2.48. The fourth-order valence-corrected chi connectivity index (χ4v) is 1.40. The van der Waals surface area contributed by atoms with Crippen LogP contribution in [0.15, 0.2) is 18.2 Å². The van der Waals surface area contributed by atoms with Crippen molar-refractivity contribution >= 4 is 0 Å². The van der Waals surface area contributed by atoms with E-state index >= 15 is 0 Å². The zero-order chi connectivity index (χ0) is 12.9. The summed E-state index contributed by atoms with van der Waals surface area (Å²) in [7, 11) is 0. The van der Waals surface area contributed by atoms with Gasteiger partial charge in [0.1, 0.15) is 23.7 Å². The first-order valence-corrected chi connectivity index (χ1v) is 5.56. The molecule has 92 valence electrons. The van der Waals surface area contributed by atoms with E-state index in [-0.39, 0.29) is 12.4 Å². The molecule has 1 aromatic carbocycles. The monoisotopic (exact) mass is 236 g/mol. The number of nitriles is 1. The number of benzene rings is 1. The number of likely N-dealkylation sites (N-methyl/N-ethyl adjacent to an activating group) is 1. The Morgan fingerprint density at radius 2 is 2.24 bits per heavy atom. The van der Waals surface area contributed by atoms with Gasteiger partial charge in [0, 0.05) is 6.07 Å². The van der Waals surface area contributed by atoms with E-state index in [0.29, 0.717) is 17.9 Å². The van der Waals surface area contributed by atoms with Crippen molar-refractivity contribution in [3.8, 4) is 11.8 Å². The highest BCUT2D eigenvalue weighted by Crippen LogP contribution is 2.17. The minimum absolute atomic E-state index is 0.180. The molecule has 0 aliphatic carbocycles. The number of rotatable bonds is 5. The Hall–Kier alpha value is -1.60. The van der Waals surface area contributed by atoms with Gasteiger partial charge < -0.3 is 4.74 Å². The largest absolute Gasteiger partial charge is 0.490 e. The molecule has 0 aliphatic heterocycles. The number of hydrogen-bond acceptors (Lipinski definition) is 3. The SMILES string of the molecule is CCNC(C)(C#N)COc1ccc(C)c(F)c1. The molecule has 1 N–H and O–H groups in total. The van der Waals surface area contributed by atoms with Gasteiger partial charge in [-0.1, -0.05) is 13.0 Å². The summed E-state index contributed by atoms with van der Waals surface area (Å²) in [6.45, 7) is 6.22. The zero-order valence-corrected chi connectivity index (χ0v) is 10.4. The zero-order valence-electron chi connectivity index (χ0n) is 10.4. The van der Waals surface area contributed by atoms with Crippen LogP contribution in [0, 0.1) is 24.1 Å². The molecule has 1 unspecified atom stereocenters. The van der Waals surface area contributed by atoms with Crippen molar-refractivity contribution < 1.29 is 9.13 Å². The average molecular weight is 236 g/mol. The van der Waals surface area contributed by atoms with Crippen LogP contribution in [0.4, 0.5) is 4.39 Å². The van der Waals surface area contributed by atoms with Crippen LogP contribution in [-0.2, 0) is 0 Å². The number of hydrogen-bond donors (Lipinski definition) is 1. The number of aryl methyl sites for hydroxylation is 1. The van der Waals surface area contributed by atoms with Gasteiger partial charge in [-0.3, -0.25) is 5.32 Å². The minimum Gasteiger partial charge on any atom is -0.490 e. The number of nitrogens with one attached hydrogen (secondary N) is 1. The number of halogens is 1. The third kappa shape index (κ3) is 3.72. The van der Waals surface area contributed by atoms with Crippen molar-refractivity contribution in [3.63, 3.8) is 0 Å². The Morgan fingerprint density at radius 3 is 2.76 bits per heavy atom. The molecule has 0 heterocycles. The predicted octanol–water partition coefficient (Wildman–Crippen LogP) is 2.40. The molecular formula is C13H17FN2O. The quantitative estimate of drug-likeness (QED) is 0.853. The summed E-state index contributed by atoms with van der Waals surface area (Å²) >= 11 is 0. The Labute approximate surface area is 101 Å². The molecule has 0 fully saturated rings. The summed E-state index contributed by atoms with van der Waals surface area (Å²) in [5, 5.41) is 12.1. The molecule has 17 heavy (non-hydrogen) atoms. The van der Waals surface area contributed by atoms with Crippen LogP contribution in [-0.4, -0.2) is 18.7 Å². The highest BCUT2D eigenvalue weighted by atomic mass is 19.1. The summed E-state index contributed by atoms with van der Waals surface area (Å²) in [5.74, 6) is 0.136. The summed E-state index contributed by atoms with van der Waals surface area (Å²) in [4.78, 5) is 0. The van der Waals surface area contributed by atoms with E-state index < -0.39 is 5.54 Å². The molecule has 0 aliphatic rings. The van der Waals surface area contributed by atoms with Crippen LogP contribution in [0.2, 0.25) is 0 Å². The maximum Gasteiger partial charge on any atom is 0.138 e. The van der Waals surface area contributed by atoms with Crippen LogP contribution in [0.1, 0.15) is 19.4 Å². The van der Waals surface area contributed by atoms with Gasteiger partial charge in [0.05, 0.1) is 6.07 Å². The second-order valence-electron chi connectivity index (χ2n) is 4.17. The lowest BCUT2D eigenvalue weighted by Crippen LogP contribution is -2.46. The molecule has 1 rings (SSSR count). The van der Waals surface area contributed by atoms with E-state index in [4.69, 9.17) is 10.00 Å². The van der Waals surface area contributed by atoms with Crippen LogP contribution < -0.4 is 10.1 Å². The van der Waals surface area contributed by atoms with Gasteiger partial charge in [-0.05, 0) is 32.0 Å². The van der Waals surface area contributed by atoms with Gasteiger partial charge >= 0.3 is 0 Å². The second-order valence-corrected chi connectivity index (χ2v) is 4.17. The summed E-state index contributed by atoms with van der Waals surface area (Å²) < 4.78 is 18.7. The van der Waals surface area contributed by atoms with Gasteiger partial charge in [0.15, 0.2) is 0 Å². The third-order valence-corrected chi connectivity index (χ3v) is 2.48. The van der Waals surface area contributed by atoms with Gasteiger partial charge in [-0.2, -0.15) is 5.26 Å². The molecule has 0 spiro atoms. The van der Waals surface area contributed by atoms with E-state index in [1.54, 1.807) is 26.0 Å². The molecule has 1 atom stereocenters. The van der Waals surface area contributed by atoms with Gasteiger partial charge in [-0.25, -0.2) is 4.39 Å². The highest BCUT2D eigenvalue weighted by molar-refractivity contribution is 5.28. The average Bonchev–Trinajstić information content (AvgIpc) is 2.31. The van der Waals surface area contributed by atoms with Gasteiger partial charge in [-0.15, -0.1) is 0 Å². The lowest BCUT2D eigenvalue weighted by atomic mass is 10.1. The predicted molar refractivity (Wildman–Crippen MR) is 64.3 cm³/mol. The minimum atomic E-state index is -0.754. The molecule has 0 amide bonds. The van der Waals surface area contributed by atoms with E-state index in [0.717, 1.165) is 0 Å². The fourth-order valence-electron chi connectivity index (χ4n) is 1.40. The Bertz CT molecular complexity index is 428. The van der Waals surface area contributed by atoms with Gasteiger partial charge in [0.25, 0.3) is 0 Å². The van der Waals surface area contributed by atoms with E-state index in [1.165, 1.54) is 6.07 Å². The van der Waals surface area contributed by atoms with E-state index in [9.17, 15) is 4.39 Å². The van der Waals surface area contributed by atoms with Crippen LogP contribution >= 0.6 is 0 Å². The van der Waals surface area contributed by atoms with Crippen molar-refractivity contribution in [2.45, 2.75) is 26.3 Å². The maximum atomic E-state index is 13.3. The Kier molecular flexibility index (Phi) is 4.47. The second kappa shape index (κ2) is 5.65. The molecule has 0 saturated carbocycles. The Morgan fingerprint density at radius 1 is 1.53 bits per heavy atom. The lowest BCUT2D eigenvalue weighted by molar-refractivity contribution is 0.235. The summed E-state index contributed by atoms with van der Waals surface area (Å²) in [6, 6.07) is 6.83. The first-order valence-electron chi connectivity index (χ1n) is 5.56. The lowest BCUT2D eigenvalue weighted by Gasteiger charge is -2.22. The van der Waals surface area contributed by atoms with Gasteiger partial charge in [0.2, 0.25) is 0 Å². The highest BCUT2D eigenvalue weighted by Gasteiger charge is 2.23. The molecular weight excluding hydrogens is 219 g/mol. The Balaban J connectivity index is 2.66. The van der Waals surface area contributed by atoms with Crippen LogP contribution in [0.3, 0.4) is 0 Å². The summed E-state index contributed by atoms with van der Waals surface area (Å²) in [6.07, 6.45) is 0. The van der Waals surface area contributed by atoms with Crippen molar-refractivity contribution in [2.75, 3.05) is 13.2 Å². The molecule has 0 aromatic heterocycles. The standard InChI is InChI=1S/C13H17FN2O/c1-4-16-13(3,8-15)9-17-11-6-5-10(2)12(14)7-11/h5-7,16H,4,9H2,1-3H3. The normalized spacial score (nSPS) is 13.8. The van der Waals surface area contributed by atoms with E-state index in [2.05, 4.69) is 11.4 Å². The maximum absolute atomic E-state index is 13.3. The van der Waals surface area contributed by atoms with Crippen molar-refractivity contribution in [1.82, 2.24) is 5.32 Å². The molecule has 0 radical (unpaired) electrons. The van der Waals surface area contributed by atoms with Crippen molar-refractivity contribution in [3.05, 3.63) is 29.6 Å². The van der Waals surface area contributed by atoms with Crippen molar-refractivity contribution in [1.29, 1.82) is 5.26 Å². The molecule has 1 aromatic rings.